The van der Waals surface area contributed by atoms with Crippen molar-refractivity contribution < 1.29 is 4.74 Å². The molecule has 0 bridgehead atoms. The van der Waals surface area contributed by atoms with Gasteiger partial charge in [-0.1, -0.05) is 13.8 Å². The molecule has 0 saturated heterocycles. The molecule has 0 aliphatic heterocycles. The fourth-order valence-electron chi connectivity index (χ4n) is 1.32. The first-order valence-corrected chi connectivity index (χ1v) is 5.34. The van der Waals surface area contributed by atoms with Gasteiger partial charge in [-0.25, -0.2) is 0 Å². The third kappa shape index (κ3) is 2.47. The summed E-state index contributed by atoms with van der Waals surface area (Å²) in [5.74, 6) is 2.20. The van der Waals surface area contributed by atoms with Crippen molar-refractivity contribution in [2.45, 2.75) is 32.6 Å². The highest BCUT2D eigenvalue weighted by Gasteiger charge is 2.21. The quantitative estimate of drug-likeness (QED) is 0.730. The van der Waals surface area contributed by atoms with Crippen LogP contribution in [0.4, 0.5) is 0 Å². The molecular formula is C12H17NO. The fourth-order valence-corrected chi connectivity index (χ4v) is 1.32. The topological polar surface area (TPSA) is 22.1 Å². The zero-order valence-corrected chi connectivity index (χ0v) is 8.86. The van der Waals surface area contributed by atoms with Gasteiger partial charge in [0.2, 0.25) is 0 Å². The van der Waals surface area contributed by atoms with Gasteiger partial charge in [0.25, 0.3) is 0 Å². The Morgan fingerprint density at radius 2 is 2.21 bits per heavy atom. The molecule has 1 aromatic heterocycles. The van der Waals surface area contributed by atoms with Crippen molar-refractivity contribution in [3.63, 3.8) is 0 Å². The van der Waals surface area contributed by atoms with Gasteiger partial charge < -0.3 is 4.74 Å². The molecular weight excluding hydrogens is 174 g/mol. The molecule has 2 nitrogen and oxygen atoms in total. The highest BCUT2D eigenvalue weighted by atomic mass is 16.5. The summed E-state index contributed by atoms with van der Waals surface area (Å²) < 4.78 is 5.60. The summed E-state index contributed by atoms with van der Waals surface area (Å²) in [6, 6.07) is 4.07. The van der Waals surface area contributed by atoms with E-state index in [9.17, 15) is 0 Å². The van der Waals surface area contributed by atoms with E-state index in [4.69, 9.17) is 4.74 Å². The Hall–Kier alpha value is -1.05. The SMILES string of the molecule is CC(C)c1ccc(OCC2CC2)cn1. The van der Waals surface area contributed by atoms with Gasteiger partial charge in [0.15, 0.2) is 0 Å². The van der Waals surface area contributed by atoms with E-state index in [1.165, 1.54) is 12.8 Å². The van der Waals surface area contributed by atoms with Gasteiger partial charge in [-0.05, 0) is 36.8 Å². The van der Waals surface area contributed by atoms with Gasteiger partial charge in [0, 0.05) is 5.69 Å². The first-order valence-electron chi connectivity index (χ1n) is 5.34. The van der Waals surface area contributed by atoms with Crippen LogP contribution in [-0.4, -0.2) is 11.6 Å². The van der Waals surface area contributed by atoms with Crippen LogP contribution in [0.3, 0.4) is 0 Å². The van der Waals surface area contributed by atoms with E-state index in [2.05, 4.69) is 18.8 Å². The number of hydrogen-bond donors (Lipinski definition) is 0. The van der Waals surface area contributed by atoms with E-state index in [1.807, 2.05) is 18.3 Å². The van der Waals surface area contributed by atoms with Gasteiger partial charge in [-0.15, -0.1) is 0 Å². The second kappa shape index (κ2) is 3.99. The van der Waals surface area contributed by atoms with Crippen molar-refractivity contribution in [1.82, 2.24) is 4.98 Å². The molecule has 0 unspecified atom stereocenters. The summed E-state index contributed by atoms with van der Waals surface area (Å²) in [7, 11) is 0. The summed E-state index contributed by atoms with van der Waals surface area (Å²) in [4.78, 5) is 4.35. The van der Waals surface area contributed by atoms with Crippen LogP contribution in [0.5, 0.6) is 5.75 Å². The molecule has 2 heteroatoms. The highest BCUT2D eigenvalue weighted by Crippen LogP contribution is 2.29. The second-order valence-electron chi connectivity index (χ2n) is 4.33. The Kier molecular flexibility index (Phi) is 2.71. The minimum absolute atomic E-state index is 0.493. The average molecular weight is 191 g/mol. The van der Waals surface area contributed by atoms with Crippen LogP contribution in [-0.2, 0) is 0 Å². The number of hydrogen-bond acceptors (Lipinski definition) is 2. The van der Waals surface area contributed by atoms with Crippen LogP contribution < -0.4 is 4.74 Å². The average Bonchev–Trinajstić information content (AvgIpc) is 2.99. The van der Waals surface area contributed by atoms with Crippen molar-refractivity contribution in [2.75, 3.05) is 6.61 Å². The van der Waals surface area contributed by atoms with E-state index in [0.29, 0.717) is 5.92 Å². The second-order valence-corrected chi connectivity index (χ2v) is 4.33. The molecule has 1 heterocycles. The maximum Gasteiger partial charge on any atom is 0.137 e. The molecule has 0 atom stereocenters. The summed E-state index contributed by atoms with van der Waals surface area (Å²) >= 11 is 0. The molecule has 1 fully saturated rings. The fraction of sp³-hybridized carbons (Fsp3) is 0.583. The molecule has 0 aromatic carbocycles. The van der Waals surface area contributed by atoms with Gasteiger partial charge in [0.05, 0.1) is 12.8 Å². The minimum Gasteiger partial charge on any atom is -0.492 e. The number of aromatic nitrogens is 1. The largest absolute Gasteiger partial charge is 0.492 e. The number of rotatable bonds is 4. The molecule has 0 spiro atoms. The number of pyridine rings is 1. The molecule has 1 aliphatic rings. The van der Waals surface area contributed by atoms with Crippen molar-refractivity contribution in [3.05, 3.63) is 24.0 Å². The van der Waals surface area contributed by atoms with Crippen LogP contribution >= 0.6 is 0 Å². The third-order valence-electron chi connectivity index (χ3n) is 2.53. The van der Waals surface area contributed by atoms with E-state index >= 15 is 0 Å². The summed E-state index contributed by atoms with van der Waals surface area (Å²) in [5.41, 5.74) is 1.13. The standard InChI is InChI=1S/C12H17NO/c1-9(2)12-6-5-11(7-13-12)14-8-10-3-4-10/h5-7,9-10H,3-4,8H2,1-2H3. The zero-order valence-electron chi connectivity index (χ0n) is 8.86. The van der Waals surface area contributed by atoms with Crippen molar-refractivity contribution >= 4 is 0 Å². The first kappa shape index (κ1) is 9.50. The lowest BCUT2D eigenvalue weighted by atomic mass is 10.1. The lowest BCUT2D eigenvalue weighted by molar-refractivity contribution is 0.298. The molecule has 0 amide bonds. The summed E-state index contributed by atoms with van der Waals surface area (Å²) in [6.07, 6.45) is 4.49. The van der Waals surface area contributed by atoms with Crippen LogP contribution in [0.2, 0.25) is 0 Å². The van der Waals surface area contributed by atoms with Crippen LogP contribution in [0.15, 0.2) is 18.3 Å². The van der Waals surface area contributed by atoms with Crippen molar-refractivity contribution in [1.29, 1.82) is 0 Å². The molecule has 2 rings (SSSR count). The van der Waals surface area contributed by atoms with Crippen molar-refractivity contribution in [3.8, 4) is 5.75 Å². The third-order valence-corrected chi connectivity index (χ3v) is 2.53. The Balaban J connectivity index is 1.91. The molecule has 1 saturated carbocycles. The van der Waals surface area contributed by atoms with Crippen LogP contribution in [0.25, 0.3) is 0 Å². The Labute approximate surface area is 85.3 Å². The zero-order chi connectivity index (χ0) is 9.97. The lowest BCUT2D eigenvalue weighted by Crippen LogP contribution is -2.00. The van der Waals surface area contributed by atoms with Crippen LogP contribution in [0.1, 0.15) is 38.3 Å². The number of ether oxygens (including phenoxy) is 1. The minimum atomic E-state index is 0.493. The summed E-state index contributed by atoms with van der Waals surface area (Å²) in [5, 5.41) is 0. The molecule has 1 aromatic rings. The summed E-state index contributed by atoms with van der Waals surface area (Å²) in [6.45, 7) is 5.16. The van der Waals surface area contributed by atoms with Gasteiger partial charge in [0.1, 0.15) is 5.75 Å². The van der Waals surface area contributed by atoms with E-state index < -0.39 is 0 Å². The predicted molar refractivity (Wildman–Crippen MR) is 56.5 cm³/mol. The normalized spacial score (nSPS) is 15.9. The Bertz CT molecular complexity index is 288. The Morgan fingerprint density at radius 1 is 1.43 bits per heavy atom. The van der Waals surface area contributed by atoms with Crippen LogP contribution in [0, 0.1) is 5.92 Å². The highest BCUT2D eigenvalue weighted by molar-refractivity contribution is 5.21. The van der Waals surface area contributed by atoms with E-state index in [0.717, 1.165) is 24.0 Å². The molecule has 0 N–H and O–H groups in total. The molecule has 1 aliphatic carbocycles. The lowest BCUT2D eigenvalue weighted by Gasteiger charge is -2.07. The van der Waals surface area contributed by atoms with Gasteiger partial charge in [-0.2, -0.15) is 0 Å². The smallest absolute Gasteiger partial charge is 0.137 e. The maximum absolute atomic E-state index is 5.60. The number of nitrogens with zero attached hydrogens (tertiary/aromatic N) is 1. The van der Waals surface area contributed by atoms with Gasteiger partial charge >= 0.3 is 0 Å². The predicted octanol–water partition coefficient (Wildman–Crippen LogP) is 2.99. The monoisotopic (exact) mass is 191 g/mol. The molecule has 14 heavy (non-hydrogen) atoms. The first-order chi connectivity index (χ1) is 6.75. The van der Waals surface area contributed by atoms with Crippen molar-refractivity contribution in [2.24, 2.45) is 5.92 Å². The van der Waals surface area contributed by atoms with Gasteiger partial charge in [-0.3, -0.25) is 4.98 Å². The maximum atomic E-state index is 5.60. The molecule has 0 radical (unpaired) electrons. The Morgan fingerprint density at radius 3 is 2.71 bits per heavy atom. The van der Waals surface area contributed by atoms with E-state index in [1.54, 1.807) is 0 Å². The van der Waals surface area contributed by atoms with E-state index in [-0.39, 0.29) is 0 Å². The molecule has 76 valence electrons.